The lowest BCUT2D eigenvalue weighted by Gasteiger charge is -2.21. The lowest BCUT2D eigenvalue weighted by Crippen LogP contribution is -2.35. The number of nitrogens with zero attached hydrogens (tertiary/aromatic N) is 2. The van der Waals surface area contributed by atoms with Gasteiger partial charge in [0, 0.05) is 69.6 Å². The summed E-state index contributed by atoms with van der Waals surface area (Å²) in [6, 6.07) is 15.4. The van der Waals surface area contributed by atoms with E-state index in [-0.39, 0.29) is 5.78 Å². The fourth-order valence-electron chi connectivity index (χ4n) is 3.26. The van der Waals surface area contributed by atoms with Crippen LogP contribution < -0.4 is 15.0 Å². The minimum absolute atomic E-state index is 0.0211. The topological polar surface area (TPSA) is 44.8 Å². The first kappa shape index (κ1) is 27.3. The molecule has 0 amide bonds. The molecule has 2 aromatic rings. The molecule has 0 aliphatic rings. The van der Waals surface area contributed by atoms with Gasteiger partial charge in [0.1, 0.15) is 5.75 Å². The number of rotatable bonds is 16. The molecule has 0 aromatic heterocycles. The Labute approximate surface area is 210 Å². The molecular weight excluding hydrogens is 450 g/mol. The number of hydrogen-bond donors (Lipinski definition) is 3. The van der Waals surface area contributed by atoms with Gasteiger partial charge in [-0.05, 0) is 54.5 Å². The molecule has 0 atom stereocenters. The quantitative estimate of drug-likeness (QED) is 0.144. The molecule has 7 heteroatoms. The maximum Gasteiger partial charge on any atom is 0.185 e. The van der Waals surface area contributed by atoms with E-state index < -0.39 is 0 Å². The van der Waals surface area contributed by atoms with E-state index >= 15 is 0 Å². The molecule has 0 heterocycles. The second kappa shape index (κ2) is 15.8. The van der Waals surface area contributed by atoms with E-state index in [0.717, 1.165) is 67.7 Å². The Bertz CT molecular complexity index is 840. The molecule has 0 fully saturated rings. The van der Waals surface area contributed by atoms with Crippen molar-refractivity contribution in [1.82, 2.24) is 10.2 Å². The first-order chi connectivity index (χ1) is 16.0. The molecule has 0 bridgehead atoms. The van der Waals surface area contributed by atoms with E-state index in [9.17, 15) is 4.79 Å². The maximum absolute atomic E-state index is 12.5. The SMILES string of the molecule is CN(C)c1ccc(/C=C/C(=O)c2ccc(OCCCN(CCS)CCNCCS)cc2)cc1. The standard InChI is InChI=1S/C26H37N3O2S2/c1-28(2)24-9-4-22(5-10-24)6-13-26(30)23-7-11-25(12-8-23)31-19-3-16-29(18-21-33)17-14-27-15-20-32/h4-13,27,32-33H,3,14-21H2,1-2H3/b13-6+. The van der Waals surface area contributed by atoms with Crippen molar-refractivity contribution in [3.05, 3.63) is 65.7 Å². The summed E-state index contributed by atoms with van der Waals surface area (Å²) in [5, 5.41) is 3.37. The highest BCUT2D eigenvalue weighted by Crippen LogP contribution is 2.16. The van der Waals surface area contributed by atoms with Crippen LogP contribution >= 0.6 is 25.3 Å². The van der Waals surface area contributed by atoms with Crippen LogP contribution in [0.4, 0.5) is 5.69 Å². The average Bonchev–Trinajstić information content (AvgIpc) is 2.83. The van der Waals surface area contributed by atoms with E-state index in [0.29, 0.717) is 12.2 Å². The molecule has 0 spiro atoms. The molecule has 0 aliphatic carbocycles. The van der Waals surface area contributed by atoms with Crippen molar-refractivity contribution in [2.24, 2.45) is 0 Å². The van der Waals surface area contributed by atoms with E-state index in [1.807, 2.05) is 73.6 Å². The van der Waals surface area contributed by atoms with Crippen molar-refractivity contribution in [3.63, 3.8) is 0 Å². The molecule has 0 unspecified atom stereocenters. The molecule has 0 radical (unpaired) electrons. The Morgan fingerprint density at radius 1 is 0.939 bits per heavy atom. The van der Waals surface area contributed by atoms with E-state index in [1.54, 1.807) is 6.08 Å². The number of thiol groups is 2. The van der Waals surface area contributed by atoms with Crippen LogP contribution in [-0.4, -0.2) is 75.6 Å². The van der Waals surface area contributed by atoms with Crippen LogP contribution in [0.5, 0.6) is 5.75 Å². The number of allylic oxidation sites excluding steroid dienone is 1. The molecule has 2 rings (SSSR count). The summed E-state index contributed by atoms with van der Waals surface area (Å²) in [7, 11) is 4.01. The van der Waals surface area contributed by atoms with Gasteiger partial charge in [0.05, 0.1) is 6.61 Å². The normalized spacial score (nSPS) is 11.3. The average molecular weight is 488 g/mol. The zero-order chi connectivity index (χ0) is 23.9. The van der Waals surface area contributed by atoms with Gasteiger partial charge >= 0.3 is 0 Å². The van der Waals surface area contributed by atoms with Crippen LogP contribution in [0.15, 0.2) is 54.6 Å². The number of carbonyl (C=O) groups is 1. The zero-order valence-electron chi connectivity index (χ0n) is 19.7. The Morgan fingerprint density at radius 3 is 2.30 bits per heavy atom. The van der Waals surface area contributed by atoms with Crippen molar-refractivity contribution >= 4 is 42.8 Å². The molecule has 180 valence electrons. The molecular formula is C26H37N3O2S2. The minimum Gasteiger partial charge on any atom is -0.494 e. The van der Waals surface area contributed by atoms with Gasteiger partial charge in [0.15, 0.2) is 5.78 Å². The number of ether oxygens (including phenoxy) is 1. The summed E-state index contributed by atoms with van der Waals surface area (Å²) in [4.78, 5) is 16.9. The summed E-state index contributed by atoms with van der Waals surface area (Å²) >= 11 is 8.57. The Balaban J connectivity index is 1.75. The maximum atomic E-state index is 12.5. The first-order valence-electron chi connectivity index (χ1n) is 11.4. The van der Waals surface area contributed by atoms with Gasteiger partial charge in [-0.25, -0.2) is 0 Å². The number of nitrogens with one attached hydrogen (secondary N) is 1. The molecule has 0 saturated heterocycles. The summed E-state index contributed by atoms with van der Waals surface area (Å²) in [5.41, 5.74) is 2.78. The summed E-state index contributed by atoms with van der Waals surface area (Å²) in [6.45, 7) is 5.47. The van der Waals surface area contributed by atoms with Crippen molar-refractivity contribution in [3.8, 4) is 5.75 Å². The molecule has 2 aromatic carbocycles. The number of benzene rings is 2. The number of carbonyl (C=O) groups excluding carboxylic acids is 1. The van der Waals surface area contributed by atoms with Crippen LogP contribution in [0.1, 0.15) is 22.3 Å². The lowest BCUT2D eigenvalue weighted by atomic mass is 10.1. The molecule has 0 aliphatic heterocycles. The fourth-order valence-corrected chi connectivity index (χ4v) is 3.70. The number of anilines is 1. The van der Waals surface area contributed by atoms with Gasteiger partial charge in [-0.15, -0.1) is 0 Å². The second-order valence-electron chi connectivity index (χ2n) is 7.95. The summed E-state index contributed by atoms with van der Waals surface area (Å²) in [6.07, 6.45) is 4.40. The largest absolute Gasteiger partial charge is 0.494 e. The Hall–Kier alpha value is -1.93. The van der Waals surface area contributed by atoms with Gasteiger partial charge < -0.3 is 19.9 Å². The highest BCUT2D eigenvalue weighted by molar-refractivity contribution is 7.80. The van der Waals surface area contributed by atoms with Crippen LogP contribution in [0, 0.1) is 0 Å². The Kier molecular flexibility index (Phi) is 13.1. The van der Waals surface area contributed by atoms with Crippen LogP contribution in [-0.2, 0) is 0 Å². The highest BCUT2D eigenvalue weighted by Gasteiger charge is 2.05. The van der Waals surface area contributed by atoms with Gasteiger partial charge in [-0.2, -0.15) is 25.3 Å². The number of ketones is 1. The summed E-state index contributed by atoms with van der Waals surface area (Å²) in [5.74, 6) is 2.46. The zero-order valence-corrected chi connectivity index (χ0v) is 21.5. The molecule has 0 saturated carbocycles. The number of hydrogen-bond acceptors (Lipinski definition) is 7. The van der Waals surface area contributed by atoms with E-state index in [4.69, 9.17) is 4.74 Å². The van der Waals surface area contributed by atoms with Crippen molar-refractivity contribution in [1.29, 1.82) is 0 Å². The van der Waals surface area contributed by atoms with Crippen molar-refractivity contribution in [2.75, 3.05) is 69.8 Å². The van der Waals surface area contributed by atoms with Gasteiger partial charge in [0.2, 0.25) is 0 Å². The predicted molar refractivity (Wildman–Crippen MR) is 148 cm³/mol. The van der Waals surface area contributed by atoms with Crippen LogP contribution in [0.3, 0.4) is 0 Å². The molecule has 1 N–H and O–H groups in total. The Morgan fingerprint density at radius 2 is 1.67 bits per heavy atom. The monoisotopic (exact) mass is 487 g/mol. The highest BCUT2D eigenvalue weighted by atomic mass is 32.1. The van der Waals surface area contributed by atoms with Gasteiger partial charge in [-0.3, -0.25) is 4.79 Å². The second-order valence-corrected chi connectivity index (χ2v) is 8.84. The smallest absolute Gasteiger partial charge is 0.185 e. The molecule has 33 heavy (non-hydrogen) atoms. The fraction of sp³-hybridized carbons (Fsp3) is 0.423. The van der Waals surface area contributed by atoms with E-state index in [1.165, 1.54) is 0 Å². The van der Waals surface area contributed by atoms with Gasteiger partial charge in [0.25, 0.3) is 0 Å². The van der Waals surface area contributed by atoms with Gasteiger partial charge in [-0.1, -0.05) is 18.2 Å². The van der Waals surface area contributed by atoms with Crippen LogP contribution in [0.2, 0.25) is 0 Å². The first-order valence-corrected chi connectivity index (χ1v) is 12.7. The minimum atomic E-state index is -0.0211. The van der Waals surface area contributed by atoms with E-state index in [2.05, 4.69) is 35.5 Å². The van der Waals surface area contributed by atoms with Crippen molar-refractivity contribution < 1.29 is 9.53 Å². The van der Waals surface area contributed by atoms with Crippen molar-refractivity contribution in [2.45, 2.75) is 6.42 Å². The third-order valence-electron chi connectivity index (χ3n) is 5.17. The third-order valence-corrected chi connectivity index (χ3v) is 5.60. The van der Waals surface area contributed by atoms with Crippen LogP contribution in [0.25, 0.3) is 6.08 Å². The summed E-state index contributed by atoms with van der Waals surface area (Å²) < 4.78 is 5.87. The third kappa shape index (κ3) is 10.7. The molecule has 5 nitrogen and oxygen atoms in total. The predicted octanol–water partition coefficient (Wildman–Crippen LogP) is 4.17. The lowest BCUT2D eigenvalue weighted by molar-refractivity contribution is 0.104.